The van der Waals surface area contributed by atoms with E-state index in [0.717, 1.165) is 22.8 Å². The molecular weight excluding hydrogens is 394 g/mol. The van der Waals surface area contributed by atoms with Crippen molar-refractivity contribution >= 4 is 23.2 Å². The summed E-state index contributed by atoms with van der Waals surface area (Å²) in [5.74, 6) is 3.03. The van der Waals surface area contributed by atoms with Crippen molar-refractivity contribution in [3.63, 3.8) is 0 Å². The molecule has 0 fully saturated rings. The van der Waals surface area contributed by atoms with Gasteiger partial charge < -0.3 is 23.9 Å². The van der Waals surface area contributed by atoms with Crippen molar-refractivity contribution < 1.29 is 23.4 Å². The van der Waals surface area contributed by atoms with E-state index < -0.39 is 0 Å². The molecule has 152 valence electrons. The number of carbonyl (C=O) groups excluding carboxylic acids is 1. The largest absolute Gasteiger partial charge is 0.497 e. The van der Waals surface area contributed by atoms with E-state index in [1.165, 1.54) is 14.2 Å². The zero-order valence-electron chi connectivity index (χ0n) is 16.5. The summed E-state index contributed by atoms with van der Waals surface area (Å²) in [5, 5.41) is 3.20. The van der Waals surface area contributed by atoms with Crippen LogP contribution in [0.2, 0.25) is 5.02 Å². The van der Waals surface area contributed by atoms with Crippen molar-refractivity contribution in [2.24, 2.45) is 0 Å². The Kier molecular flexibility index (Phi) is 6.67. The quantitative estimate of drug-likeness (QED) is 0.547. The SMILES string of the molecule is COc1ccc(-c2ccc(CCC(=O)Nc3cc(Cl)c(OC)cc3OC)o2)cc1. The van der Waals surface area contributed by atoms with E-state index in [-0.39, 0.29) is 12.3 Å². The second-order valence-electron chi connectivity index (χ2n) is 6.23. The van der Waals surface area contributed by atoms with E-state index in [0.29, 0.717) is 28.6 Å². The predicted molar refractivity (Wildman–Crippen MR) is 112 cm³/mol. The Bertz CT molecular complexity index is 981. The van der Waals surface area contributed by atoms with Crippen molar-refractivity contribution in [2.75, 3.05) is 26.6 Å². The van der Waals surface area contributed by atoms with Gasteiger partial charge in [-0.2, -0.15) is 0 Å². The molecule has 0 spiro atoms. The number of furan rings is 1. The van der Waals surface area contributed by atoms with Crippen LogP contribution in [0.3, 0.4) is 0 Å². The first-order valence-corrected chi connectivity index (χ1v) is 9.36. The van der Waals surface area contributed by atoms with E-state index >= 15 is 0 Å². The molecule has 0 saturated heterocycles. The summed E-state index contributed by atoms with van der Waals surface area (Å²) in [6, 6.07) is 14.6. The Balaban J connectivity index is 1.61. The summed E-state index contributed by atoms with van der Waals surface area (Å²) in [6.45, 7) is 0. The van der Waals surface area contributed by atoms with Gasteiger partial charge in [-0.05, 0) is 42.5 Å². The minimum atomic E-state index is -0.174. The van der Waals surface area contributed by atoms with Gasteiger partial charge in [0.05, 0.1) is 32.0 Å². The highest BCUT2D eigenvalue weighted by Crippen LogP contribution is 2.36. The van der Waals surface area contributed by atoms with Crippen molar-refractivity contribution in [3.8, 4) is 28.6 Å². The van der Waals surface area contributed by atoms with Crippen molar-refractivity contribution in [2.45, 2.75) is 12.8 Å². The molecule has 6 nitrogen and oxygen atoms in total. The molecule has 3 rings (SSSR count). The lowest BCUT2D eigenvalue weighted by Gasteiger charge is -2.13. The Morgan fingerprint density at radius 3 is 2.34 bits per heavy atom. The first-order valence-electron chi connectivity index (χ1n) is 8.98. The fourth-order valence-corrected chi connectivity index (χ4v) is 3.07. The Morgan fingerprint density at radius 1 is 0.966 bits per heavy atom. The number of hydrogen-bond acceptors (Lipinski definition) is 5. The first kappa shape index (κ1) is 20.6. The maximum absolute atomic E-state index is 12.4. The van der Waals surface area contributed by atoms with Gasteiger partial charge in [0, 0.05) is 24.5 Å². The number of carbonyl (C=O) groups is 1. The van der Waals surface area contributed by atoms with Gasteiger partial charge in [-0.3, -0.25) is 4.79 Å². The van der Waals surface area contributed by atoms with Crippen LogP contribution >= 0.6 is 11.6 Å². The summed E-state index contributed by atoms with van der Waals surface area (Å²) in [4.78, 5) is 12.4. The van der Waals surface area contributed by atoms with Crippen LogP contribution in [-0.4, -0.2) is 27.2 Å². The van der Waals surface area contributed by atoms with Crippen LogP contribution in [0.4, 0.5) is 5.69 Å². The molecule has 7 heteroatoms. The average Bonchev–Trinajstić information content (AvgIpc) is 3.21. The summed E-state index contributed by atoms with van der Waals surface area (Å²) in [7, 11) is 4.66. The van der Waals surface area contributed by atoms with Gasteiger partial charge in [0.2, 0.25) is 5.91 Å². The summed E-state index contributed by atoms with van der Waals surface area (Å²) < 4.78 is 21.5. The molecule has 0 atom stereocenters. The molecule has 1 heterocycles. The summed E-state index contributed by atoms with van der Waals surface area (Å²) >= 11 is 6.14. The zero-order chi connectivity index (χ0) is 20.8. The molecule has 1 N–H and O–H groups in total. The molecule has 2 aromatic carbocycles. The topological polar surface area (TPSA) is 69.9 Å². The lowest BCUT2D eigenvalue weighted by molar-refractivity contribution is -0.116. The minimum Gasteiger partial charge on any atom is -0.497 e. The van der Waals surface area contributed by atoms with Gasteiger partial charge in [0.15, 0.2) is 0 Å². The number of hydrogen-bond donors (Lipinski definition) is 1. The van der Waals surface area contributed by atoms with Crippen molar-refractivity contribution in [1.29, 1.82) is 0 Å². The van der Waals surface area contributed by atoms with Crippen molar-refractivity contribution in [1.82, 2.24) is 0 Å². The van der Waals surface area contributed by atoms with E-state index in [9.17, 15) is 4.79 Å². The lowest BCUT2D eigenvalue weighted by atomic mass is 10.2. The standard InChI is InChI=1S/C22H22ClNO5/c1-26-15-6-4-14(5-7-15)19-10-8-16(29-19)9-11-22(25)24-18-12-17(23)20(27-2)13-21(18)28-3/h4-8,10,12-13H,9,11H2,1-3H3,(H,24,25). The molecule has 0 saturated carbocycles. The number of ether oxygens (including phenoxy) is 3. The summed E-state index contributed by atoms with van der Waals surface area (Å²) in [5.41, 5.74) is 1.43. The highest BCUT2D eigenvalue weighted by molar-refractivity contribution is 6.32. The Morgan fingerprint density at radius 2 is 1.69 bits per heavy atom. The molecule has 0 aliphatic heterocycles. The molecule has 29 heavy (non-hydrogen) atoms. The molecule has 0 unspecified atom stereocenters. The number of amides is 1. The fraction of sp³-hybridized carbons (Fsp3) is 0.227. The van der Waals surface area contributed by atoms with E-state index in [1.807, 2.05) is 36.4 Å². The highest BCUT2D eigenvalue weighted by Gasteiger charge is 2.13. The van der Waals surface area contributed by atoms with Crippen molar-refractivity contribution in [3.05, 3.63) is 59.3 Å². The molecule has 0 aliphatic rings. The number of methoxy groups -OCH3 is 3. The number of anilines is 1. The zero-order valence-corrected chi connectivity index (χ0v) is 17.2. The van der Waals surface area contributed by atoms with Gasteiger partial charge in [0.1, 0.15) is 28.8 Å². The van der Waals surface area contributed by atoms with Gasteiger partial charge in [-0.25, -0.2) is 0 Å². The third kappa shape index (κ3) is 5.03. The molecule has 0 aliphatic carbocycles. The predicted octanol–water partition coefficient (Wildman–Crippen LogP) is 5.20. The minimum absolute atomic E-state index is 0.174. The number of aryl methyl sites for hydroxylation is 1. The van der Waals surface area contributed by atoms with Crippen LogP contribution in [0.25, 0.3) is 11.3 Å². The molecule has 0 bridgehead atoms. The monoisotopic (exact) mass is 415 g/mol. The third-order valence-corrected chi connectivity index (χ3v) is 4.68. The lowest BCUT2D eigenvalue weighted by Crippen LogP contribution is -2.13. The fourth-order valence-electron chi connectivity index (χ4n) is 2.83. The van der Waals surface area contributed by atoms with Crippen LogP contribution in [-0.2, 0) is 11.2 Å². The van der Waals surface area contributed by atoms with Gasteiger partial charge >= 0.3 is 0 Å². The highest BCUT2D eigenvalue weighted by atomic mass is 35.5. The second-order valence-corrected chi connectivity index (χ2v) is 6.64. The number of halogens is 1. The van der Waals surface area contributed by atoms with E-state index in [1.54, 1.807) is 19.2 Å². The van der Waals surface area contributed by atoms with Gasteiger partial charge in [-0.15, -0.1) is 0 Å². The van der Waals surface area contributed by atoms with E-state index in [4.69, 9.17) is 30.2 Å². The Hall–Kier alpha value is -3.12. The maximum atomic E-state index is 12.4. The second kappa shape index (κ2) is 9.39. The summed E-state index contributed by atoms with van der Waals surface area (Å²) in [6.07, 6.45) is 0.719. The average molecular weight is 416 g/mol. The molecular formula is C22H22ClNO5. The van der Waals surface area contributed by atoms with Crippen LogP contribution < -0.4 is 19.5 Å². The number of rotatable bonds is 8. The van der Waals surface area contributed by atoms with Crippen LogP contribution in [0.5, 0.6) is 17.2 Å². The Labute approximate surface area is 174 Å². The van der Waals surface area contributed by atoms with E-state index in [2.05, 4.69) is 5.32 Å². The normalized spacial score (nSPS) is 10.5. The van der Waals surface area contributed by atoms with Crippen LogP contribution in [0.1, 0.15) is 12.2 Å². The molecule has 1 amide bonds. The van der Waals surface area contributed by atoms with Crippen LogP contribution in [0.15, 0.2) is 52.9 Å². The van der Waals surface area contributed by atoms with Gasteiger partial charge in [0.25, 0.3) is 0 Å². The molecule has 0 radical (unpaired) electrons. The van der Waals surface area contributed by atoms with Gasteiger partial charge in [-0.1, -0.05) is 11.6 Å². The number of benzene rings is 2. The third-order valence-electron chi connectivity index (χ3n) is 4.38. The number of nitrogens with one attached hydrogen (secondary N) is 1. The molecule has 1 aromatic heterocycles. The first-order chi connectivity index (χ1) is 14.0. The smallest absolute Gasteiger partial charge is 0.224 e. The maximum Gasteiger partial charge on any atom is 0.224 e. The molecule has 3 aromatic rings. The van der Waals surface area contributed by atoms with Crippen LogP contribution in [0, 0.1) is 0 Å².